The lowest BCUT2D eigenvalue weighted by atomic mass is 10.00. The molecule has 0 spiro atoms. The molecule has 0 radical (unpaired) electrons. The van der Waals surface area contributed by atoms with Crippen molar-refractivity contribution in [1.29, 1.82) is 0 Å². The number of amides is 1. The number of piperidine rings is 1. The molecule has 1 aliphatic rings. The van der Waals surface area contributed by atoms with Gasteiger partial charge in [-0.2, -0.15) is 0 Å². The van der Waals surface area contributed by atoms with Gasteiger partial charge in [0.15, 0.2) is 0 Å². The zero-order chi connectivity index (χ0) is 23.2. The Kier molecular flexibility index (Phi) is 7.25. The molecule has 0 atom stereocenters. The summed E-state index contributed by atoms with van der Waals surface area (Å²) in [6.07, 6.45) is 1.70. The molecule has 6 heteroatoms. The molecule has 0 unspecified atom stereocenters. The molecule has 0 saturated carbocycles. The van der Waals surface area contributed by atoms with Crippen molar-refractivity contribution in [2.75, 3.05) is 32.2 Å². The number of methoxy groups -OCH3 is 2. The van der Waals surface area contributed by atoms with Crippen molar-refractivity contribution < 1.29 is 18.7 Å². The smallest absolute Gasteiger partial charge is 0.258 e. The van der Waals surface area contributed by atoms with Crippen LogP contribution in [-0.4, -0.2) is 44.2 Å². The minimum Gasteiger partial charge on any atom is -0.497 e. The zero-order valence-electron chi connectivity index (χ0n) is 19.0. The summed E-state index contributed by atoms with van der Waals surface area (Å²) < 4.78 is 24.2. The maximum atomic E-state index is 13.4. The van der Waals surface area contributed by atoms with E-state index in [0.29, 0.717) is 5.56 Å². The quantitative estimate of drug-likeness (QED) is 0.501. The van der Waals surface area contributed by atoms with Crippen LogP contribution < -0.4 is 14.4 Å². The second kappa shape index (κ2) is 10.5. The number of ether oxygens (including phenoxy) is 2. The van der Waals surface area contributed by atoms with Crippen LogP contribution in [0.3, 0.4) is 0 Å². The third kappa shape index (κ3) is 5.34. The van der Waals surface area contributed by atoms with Gasteiger partial charge in [-0.25, -0.2) is 4.39 Å². The standard InChI is InChI=1S/C27H29FN2O3/c1-32-25-13-10-21(26(18-25)33-2)19-29-16-14-24(15-17-29)30(23-6-4-3-5-7-23)27(31)20-8-11-22(28)12-9-20/h3-13,18,24H,14-17,19H2,1-2H3. The summed E-state index contributed by atoms with van der Waals surface area (Å²) in [7, 11) is 3.31. The Morgan fingerprint density at radius 3 is 2.30 bits per heavy atom. The highest BCUT2D eigenvalue weighted by Gasteiger charge is 2.30. The van der Waals surface area contributed by atoms with Crippen molar-refractivity contribution in [1.82, 2.24) is 4.90 Å². The largest absolute Gasteiger partial charge is 0.497 e. The second-order valence-corrected chi connectivity index (χ2v) is 8.20. The highest BCUT2D eigenvalue weighted by molar-refractivity contribution is 6.06. The molecule has 4 rings (SSSR count). The number of halogens is 1. The van der Waals surface area contributed by atoms with Crippen LogP contribution in [0.5, 0.6) is 11.5 Å². The molecule has 3 aromatic rings. The molecule has 0 aromatic heterocycles. The predicted molar refractivity (Wildman–Crippen MR) is 127 cm³/mol. The number of carbonyl (C=O) groups excluding carboxylic acids is 1. The van der Waals surface area contributed by atoms with Crippen molar-refractivity contribution in [3.8, 4) is 11.5 Å². The molecule has 172 valence electrons. The molecular formula is C27H29FN2O3. The maximum Gasteiger partial charge on any atom is 0.258 e. The Balaban J connectivity index is 1.48. The molecule has 3 aromatic carbocycles. The van der Waals surface area contributed by atoms with E-state index in [-0.39, 0.29) is 17.8 Å². The highest BCUT2D eigenvalue weighted by Crippen LogP contribution is 2.29. The molecule has 0 bridgehead atoms. The predicted octanol–water partition coefficient (Wildman–Crippen LogP) is 5.15. The van der Waals surface area contributed by atoms with Gasteiger partial charge >= 0.3 is 0 Å². The first kappa shape index (κ1) is 22.8. The van der Waals surface area contributed by atoms with Gasteiger partial charge in [-0.1, -0.05) is 24.3 Å². The van der Waals surface area contributed by atoms with Crippen LogP contribution in [0.1, 0.15) is 28.8 Å². The minimum absolute atomic E-state index is 0.0685. The average molecular weight is 449 g/mol. The molecule has 0 N–H and O–H groups in total. The number of hydrogen-bond donors (Lipinski definition) is 0. The van der Waals surface area contributed by atoms with Crippen molar-refractivity contribution in [2.45, 2.75) is 25.4 Å². The van der Waals surface area contributed by atoms with Crippen LogP contribution >= 0.6 is 0 Å². The number of likely N-dealkylation sites (tertiary alicyclic amines) is 1. The molecule has 33 heavy (non-hydrogen) atoms. The lowest BCUT2D eigenvalue weighted by Gasteiger charge is -2.38. The monoisotopic (exact) mass is 448 g/mol. The summed E-state index contributed by atoms with van der Waals surface area (Å²) in [4.78, 5) is 17.7. The number of para-hydroxylation sites is 1. The summed E-state index contributed by atoms with van der Waals surface area (Å²) in [5.74, 6) is 1.14. The van der Waals surface area contributed by atoms with Crippen LogP contribution in [-0.2, 0) is 6.54 Å². The SMILES string of the molecule is COc1ccc(CN2CCC(N(C(=O)c3ccc(F)cc3)c3ccccc3)CC2)c(OC)c1. The van der Waals surface area contributed by atoms with E-state index in [1.807, 2.05) is 53.4 Å². The van der Waals surface area contributed by atoms with Gasteiger partial charge in [0, 0.05) is 48.6 Å². The van der Waals surface area contributed by atoms with E-state index >= 15 is 0 Å². The first-order valence-corrected chi connectivity index (χ1v) is 11.2. The fourth-order valence-electron chi connectivity index (χ4n) is 4.37. The molecule has 5 nitrogen and oxygen atoms in total. The Morgan fingerprint density at radius 2 is 1.67 bits per heavy atom. The van der Waals surface area contributed by atoms with Crippen molar-refractivity contribution in [2.24, 2.45) is 0 Å². The van der Waals surface area contributed by atoms with E-state index in [1.165, 1.54) is 12.1 Å². The summed E-state index contributed by atoms with van der Waals surface area (Å²) in [6, 6.07) is 21.5. The summed E-state index contributed by atoms with van der Waals surface area (Å²) in [6.45, 7) is 2.50. The lowest BCUT2D eigenvalue weighted by Crippen LogP contribution is -2.47. The van der Waals surface area contributed by atoms with Gasteiger partial charge in [0.25, 0.3) is 5.91 Å². The Morgan fingerprint density at radius 1 is 0.970 bits per heavy atom. The number of anilines is 1. The van der Waals surface area contributed by atoms with Gasteiger partial charge in [0.05, 0.1) is 14.2 Å². The van der Waals surface area contributed by atoms with Crippen LogP contribution in [0.25, 0.3) is 0 Å². The first-order valence-electron chi connectivity index (χ1n) is 11.2. The van der Waals surface area contributed by atoms with E-state index in [2.05, 4.69) is 4.90 Å². The molecule has 1 aliphatic heterocycles. The molecular weight excluding hydrogens is 419 g/mol. The van der Waals surface area contributed by atoms with E-state index in [4.69, 9.17) is 9.47 Å². The van der Waals surface area contributed by atoms with Crippen molar-refractivity contribution >= 4 is 11.6 Å². The Bertz CT molecular complexity index is 1060. The van der Waals surface area contributed by atoms with E-state index < -0.39 is 0 Å². The van der Waals surface area contributed by atoms with Gasteiger partial charge in [-0.05, 0) is 55.3 Å². The summed E-state index contributed by atoms with van der Waals surface area (Å²) in [5.41, 5.74) is 2.46. The number of carbonyl (C=O) groups is 1. The van der Waals surface area contributed by atoms with E-state index in [9.17, 15) is 9.18 Å². The third-order valence-electron chi connectivity index (χ3n) is 6.15. The minimum atomic E-state index is -0.347. The topological polar surface area (TPSA) is 42.0 Å². The number of nitrogens with zero attached hydrogens (tertiary/aromatic N) is 2. The first-order chi connectivity index (χ1) is 16.1. The van der Waals surface area contributed by atoms with Gasteiger partial charge in [0.1, 0.15) is 17.3 Å². The Hall–Kier alpha value is -3.38. The highest BCUT2D eigenvalue weighted by atomic mass is 19.1. The Labute approximate surface area is 194 Å². The van der Waals surface area contributed by atoms with Crippen LogP contribution in [0.4, 0.5) is 10.1 Å². The van der Waals surface area contributed by atoms with Gasteiger partial charge in [-0.3, -0.25) is 9.69 Å². The number of benzene rings is 3. The zero-order valence-corrected chi connectivity index (χ0v) is 19.0. The third-order valence-corrected chi connectivity index (χ3v) is 6.15. The van der Waals surface area contributed by atoms with E-state index in [0.717, 1.165) is 55.2 Å². The average Bonchev–Trinajstić information content (AvgIpc) is 2.86. The molecule has 1 saturated heterocycles. The normalized spacial score (nSPS) is 14.6. The van der Waals surface area contributed by atoms with Gasteiger partial charge < -0.3 is 14.4 Å². The maximum absolute atomic E-state index is 13.4. The van der Waals surface area contributed by atoms with Crippen molar-refractivity contribution in [3.05, 3.63) is 89.7 Å². The fraction of sp³-hybridized carbons (Fsp3) is 0.296. The van der Waals surface area contributed by atoms with Gasteiger partial charge in [-0.15, -0.1) is 0 Å². The summed E-state index contributed by atoms with van der Waals surface area (Å²) >= 11 is 0. The molecule has 0 aliphatic carbocycles. The van der Waals surface area contributed by atoms with Crippen LogP contribution in [0.15, 0.2) is 72.8 Å². The van der Waals surface area contributed by atoms with Crippen LogP contribution in [0.2, 0.25) is 0 Å². The molecule has 1 heterocycles. The lowest BCUT2D eigenvalue weighted by molar-refractivity contribution is 0.0958. The van der Waals surface area contributed by atoms with Crippen LogP contribution in [0, 0.1) is 5.82 Å². The van der Waals surface area contributed by atoms with Crippen molar-refractivity contribution in [3.63, 3.8) is 0 Å². The molecule has 1 fully saturated rings. The second-order valence-electron chi connectivity index (χ2n) is 8.20. The summed E-state index contributed by atoms with van der Waals surface area (Å²) in [5, 5.41) is 0. The number of rotatable bonds is 7. The fourth-order valence-corrected chi connectivity index (χ4v) is 4.37. The number of hydrogen-bond acceptors (Lipinski definition) is 4. The molecule has 1 amide bonds. The van der Waals surface area contributed by atoms with Gasteiger partial charge in [0.2, 0.25) is 0 Å². The van der Waals surface area contributed by atoms with E-state index in [1.54, 1.807) is 26.4 Å².